The Morgan fingerprint density at radius 3 is 2.67 bits per heavy atom. The van der Waals surface area contributed by atoms with Gasteiger partial charge >= 0.3 is 0 Å². The number of fused-ring (bicyclic) bond motifs is 1. The predicted molar refractivity (Wildman–Crippen MR) is 86.9 cm³/mol. The monoisotopic (exact) mass is 285 g/mol. The van der Waals surface area contributed by atoms with Crippen LogP contribution in [0.15, 0.2) is 24.4 Å². The summed E-state index contributed by atoms with van der Waals surface area (Å²) >= 11 is 0. The molecule has 1 aliphatic heterocycles. The van der Waals surface area contributed by atoms with Crippen molar-refractivity contribution in [3.8, 4) is 0 Å². The highest BCUT2D eigenvalue weighted by Gasteiger charge is 2.33. The molecular formula is C17H23N3O. The average molecular weight is 285 g/mol. The Labute approximate surface area is 126 Å². The number of nitrogens with zero attached hydrogens (tertiary/aromatic N) is 3. The largest absolute Gasteiger partial charge is 0.390 e. The summed E-state index contributed by atoms with van der Waals surface area (Å²) in [6.45, 7) is 5.74. The molecule has 0 radical (unpaired) electrons. The van der Waals surface area contributed by atoms with Crippen LogP contribution in [0, 0.1) is 13.8 Å². The molecule has 0 unspecified atom stereocenters. The third-order valence-corrected chi connectivity index (χ3v) is 4.42. The molecule has 0 aliphatic carbocycles. The van der Waals surface area contributed by atoms with Crippen LogP contribution >= 0.6 is 0 Å². The van der Waals surface area contributed by atoms with Gasteiger partial charge in [-0.25, -0.2) is 0 Å². The number of pyridine rings is 1. The van der Waals surface area contributed by atoms with Gasteiger partial charge in [-0.3, -0.25) is 4.98 Å². The molecule has 2 atom stereocenters. The van der Waals surface area contributed by atoms with Gasteiger partial charge in [0.05, 0.1) is 17.7 Å². The summed E-state index contributed by atoms with van der Waals surface area (Å²) in [5, 5.41) is 11.5. The first-order chi connectivity index (χ1) is 9.97. The van der Waals surface area contributed by atoms with Crippen LogP contribution in [-0.2, 0) is 0 Å². The zero-order chi connectivity index (χ0) is 15.1. The molecule has 2 heterocycles. The second-order valence-electron chi connectivity index (χ2n) is 6.31. The minimum atomic E-state index is -0.311. The number of anilines is 1. The summed E-state index contributed by atoms with van der Waals surface area (Å²) in [4.78, 5) is 8.91. The number of aliphatic hydroxyl groups is 1. The summed E-state index contributed by atoms with van der Waals surface area (Å²) in [7, 11) is 4.05. The van der Waals surface area contributed by atoms with Crippen molar-refractivity contribution in [2.24, 2.45) is 0 Å². The fourth-order valence-electron chi connectivity index (χ4n) is 3.35. The molecule has 1 aromatic carbocycles. The number of benzene rings is 1. The van der Waals surface area contributed by atoms with Crippen LogP contribution in [0.2, 0.25) is 0 Å². The van der Waals surface area contributed by atoms with Crippen LogP contribution in [0.4, 0.5) is 5.69 Å². The molecule has 1 fully saturated rings. The van der Waals surface area contributed by atoms with Gasteiger partial charge in [-0.1, -0.05) is 11.6 Å². The molecule has 0 spiro atoms. The molecule has 0 saturated carbocycles. The molecular weight excluding hydrogens is 262 g/mol. The van der Waals surface area contributed by atoms with Crippen molar-refractivity contribution in [3.63, 3.8) is 0 Å². The Morgan fingerprint density at radius 1 is 1.24 bits per heavy atom. The van der Waals surface area contributed by atoms with Crippen LogP contribution in [0.1, 0.15) is 11.1 Å². The van der Waals surface area contributed by atoms with Gasteiger partial charge in [0.2, 0.25) is 0 Å². The molecule has 0 bridgehead atoms. The molecule has 112 valence electrons. The maximum absolute atomic E-state index is 10.3. The number of rotatable bonds is 2. The lowest BCUT2D eigenvalue weighted by atomic mass is 10.1. The number of hydrogen-bond acceptors (Lipinski definition) is 4. The molecule has 4 heteroatoms. The fourth-order valence-corrected chi connectivity index (χ4v) is 3.35. The van der Waals surface area contributed by atoms with Crippen molar-refractivity contribution in [2.45, 2.75) is 26.0 Å². The van der Waals surface area contributed by atoms with Crippen molar-refractivity contribution >= 4 is 16.6 Å². The molecule has 3 rings (SSSR count). The van der Waals surface area contributed by atoms with Gasteiger partial charge in [0.15, 0.2) is 0 Å². The first-order valence-electron chi connectivity index (χ1n) is 7.43. The molecule has 1 saturated heterocycles. The highest BCUT2D eigenvalue weighted by molar-refractivity contribution is 5.94. The van der Waals surface area contributed by atoms with Gasteiger partial charge in [0.25, 0.3) is 0 Å². The number of hydrogen-bond donors (Lipinski definition) is 1. The van der Waals surface area contributed by atoms with E-state index in [1.807, 2.05) is 20.3 Å². The SMILES string of the molecule is Cc1cc(C)c2nccc(N3C[C@H](O)[C@@H](N(C)C)C3)c2c1. The van der Waals surface area contributed by atoms with Crippen molar-refractivity contribution < 1.29 is 5.11 Å². The van der Waals surface area contributed by atoms with Gasteiger partial charge < -0.3 is 14.9 Å². The Balaban J connectivity index is 2.06. The Hall–Kier alpha value is -1.65. The highest BCUT2D eigenvalue weighted by Crippen LogP contribution is 2.31. The smallest absolute Gasteiger partial charge is 0.0886 e. The van der Waals surface area contributed by atoms with Crippen molar-refractivity contribution in [3.05, 3.63) is 35.5 Å². The van der Waals surface area contributed by atoms with Crippen molar-refractivity contribution in [2.75, 3.05) is 32.1 Å². The normalized spacial score (nSPS) is 22.5. The molecule has 0 amide bonds. The summed E-state index contributed by atoms with van der Waals surface area (Å²) in [5.74, 6) is 0. The Kier molecular flexibility index (Phi) is 3.59. The van der Waals surface area contributed by atoms with Crippen LogP contribution in [-0.4, -0.2) is 54.3 Å². The first kappa shape index (κ1) is 14.3. The van der Waals surface area contributed by atoms with Gasteiger partial charge in [0.1, 0.15) is 0 Å². The summed E-state index contributed by atoms with van der Waals surface area (Å²) < 4.78 is 0. The number of likely N-dealkylation sites (N-methyl/N-ethyl adjacent to an activating group) is 1. The third kappa shape index (κ3) is 2.49. The van der Waals surface area contributed by atoms with Crippen molar-refractivity contribution in [1.82, 2.24) is 9.88 Å². The first-order valence-corrected chi connectivity index (χ1v) is 7.43. The molecule has 1 aromatic heterocycles. The quantitative estimate of drug-likeness (QED) is 0.915. The minimum Gasteiger partial charge on any atom is -0.390 e. The zero-order valence-corrected chi connectivity index (χ0v) is 13.2. The van der Waals surface area contributed by atoms with E-state index in [2.05, 4.69) is 46.8 Å². The lowest BCUT2D eigenvalue weighted by Gasteiger charge is -2.23. The van der Waals surface area contributed by atoms with Crippen LogP contribution in [0.25, 0.3) is 10.9 Å². The maximum Gasteiger partial charge on any atom is 0.0886 e. The second-order valence-corrected chi connectivity index (χ2v) is 6.31. The average Bonchev–Trinajstić information content (AvgIpc) is 2.80. The van der Waals surface area contributed by atoms with E-state index in [-0.39, 0.29) is 12.1 Å². The van der Waals surface area contributed by atoms with Crippen LogP contribution in [0.3, 0.4) is 0 Å². The second kappa shape index (κ2) is 5.28. The van der Waals surface area contributed by atoms with Gasteiger partial charge in [-0.05, 0) is 45.6 Å². The topological polar surface area (TPSA) is 39.6 Å². The molecule has 2 aromatic rings. The van der Waals surface area contributed by atoms with E-state index in [1.54, 1.807) is 0 Å². The molecule has 1 N–H and O–H groups in total. The van der Waals surface area contributed by atoms with Crippen LogP contribution < -0.4 is 4.90 Å². The Bertz CT molecular complexity index is 668. The molecule has 21 heavy (non-hydrogen) atoms. The number of β-amino-alcohol motifs (C(OH)–C–C–N with tert-alkyl or cyclic N) is 1. The van der Waals surface area contributed by atoms with E-state index in [0.29, 0.717) is 6.54 Å². The fraction of sp³-hybridized carbons (Fsp3) is 0.471. The summed E-state index contributed by atoms with van der Waals surface area (Å²) in [6.07, 6.45) is 1.56. The minimum absolute atomic E-state index is 0.180. The van der Waals surface area contributed by atoms with Crippen LogP contribution in [0.5, 0.6) is 0 Å². The standard InChI is InChI=1S/C17H23N3O/c1-11-7-12(2)17-13(8-11)14(5-6-18-17)20-9-15(19(3)4)16(21)10-20/h5-8,15-16,21H,9-10H2,1-4H3/t15-,16-/m0/s1. The van der Waals surface area contributed by atoms with Gasteiger partial charge in [-0.15, -0.1) is 0 Å². The number of aliphatic hydroxyl groups excluding tert-OH is 1. The van der Waals surface area contributed by atoms with E-state index < -0.39 is 0 Å². The zero-order valence-electron chi connectivity index (χ0n) is 13.2. The number of aryl methyl sites for hydroxylation is 2. The molecule has 4 nitrogen and oxygen atoms in total. The maximum atomic E-state index is 10.3. The van der Waals surface area contributed by atoms with Crippen molar-refractivity contribution in [1.29, 1.82) is 0 Å². The third-order valence-electron chi connectivity index (χ3n) is 4.42. The van der Waals surface area contributed by atoms with E-state index in [1.165, 1.54) is 22.2 Å². The Morgan fingerprint density at radius 2 is 2.00 bits per heavy atom. The lowest BCUT2D eigenvalue weighted by Crippen LogP contribution is -2.38. The summed E-state index contributed by atoms with van der Waals surface area (Å²) in [6, 6.07) is 6.60. The van der Waals surface area contributed by atoms with Gasteiger partial charge in [-0.2, -0.15) is 0 Å². The van der Waals surface area contributed by atoms with Gasteiger partial charge in [0, 0.05) is 30.4 Å². The van der Waals surface area contributed by atoms with E-state index in [9.17, 15) is 5.11 Å². The lowest BCUT2D eigenvalue weighted by molar-refractivity contribution is 0.114. The van der Waals surface area contributed by atoms with E-state index >= 15 is 0 Å². The highest BCUT2D eigenvalue weighted by atomic mass is 16.3. The summed E-state index contributed by atoms with van der Waals surface area (Å²) in [5.41, 5.74) is 4.69. The van der Waals surface area contributed by atoms with E-state index in [4.69, 9.17) is 0 Å². The van der Waals surface area contributed by atoms with E-state index in [0.717, 1.165) is 12.1 Å². The number of aromatic nitrogens is 1. The predicted octanol–water partition coefficient (Wildman–Crippen LogP) is 1.96. The molecule has 1 aliphatic rings.